The van der Waals surface area contributed by atoms with Gasteiger partial charge in [-0.15, -0.1) is 11.3 Å². The number of anilines is 2. The summed E-state index contributed by atoms with van der Waals surface area (Å²) in [6.07, 6.45) is -4.15. The Morgan fingerprint density at radius 2 is 2.15 bits per heavy atom. The van der Waals surface area contributed by atoms with Crippen molar-refractivity contribution in [2.24, 2.45) is 0 Å². The normalized spacial score (nSPS) is 11.4. The summed E-state index contributed by atoms with van der Waals surface area (Å²) in [6, 6.07) is 1.27. The van der Waals surface area contributed by atoms with Gasteiger partial charge in [-0.2, -0.15) is 18.2 Å². The van der Waals surface area contributed by atoms with Crippen molar-refractivity contribution < 1.29 is 23.1 Å². The Morgan fingerprint density at radius 3 is 2.75 bits per heavy atom. The van der Waals surface area contributed by atoms with E-state index in [4.69, 9.17) is 16.7 Å². The number of carboxylic acids is 1. The lowest BCUT2D eigenvalue weighted by molar-refractivity contribution is -0.137. The molecule has 2 heterocycles. The molecule has 0 radical (unpaired) electrons. The van der Waals surface area contributed by atoms with E-state index in [2.05, 4.69) is 15.3 Å². The number of hydrogen-bond donors (Lipinski definition) is 2. The number of nitrogens with zero attached hydrogens (tertiary/aromatic N) is 2. The lowest BCUT2D eigenvalue weighted by atomic mass is 10.3. The van der Waals surface area contributed by atoms with E-state index in [0.29, 0.717) is 6.20 Å². The maximum Gasteiger partial charge on any atom is 0.421 e. The third kappa shape index (κ3) is 2.99. The van der Waals surface area contributed by atoms with Crippen LogP contribution >= 0.6 is 22.9 Å². The minimum atomic E-state index is -4.69. The third-order valence-electron chi connectivity index (χ3n) is 2.19. The fourth-order valence-electron chi connectivity index (χ4n) is 1.35. The number of carboxylic acid groups (broad SMARTS) is 1. The number of nitrogens with one attached hydrogen (secondary N) is 1. The second-order valence-corrected chi connectivity index (χ2v) is 4.75. The molecule has 0 saturated heterocycles. The van der Waals surface area contributed by atoms with Gasteiger partial charge >= 0.3 is 12.1 Å². The molecule has 10 heteroatoms. The van der Waals surface area contributed by atoms with Crippen molar-refractivity contribution in [3.05, 3.63) is 34.1 Å². The number of rotatable bonds is 3. The number of halogens is 4. The number of thiophene rings is 1. The zero-order chi connectivity index (χ0) is 14.9. The summed E-state index contributed by atoms with van der Waals surface area (Å²) in [7, 11) is 0. The van der Waals surface area contributed by atoms with Gasteiger partial charge in [0.1, 0.15) is 16.4 Å². The Balaban J connectivity index is 2.45. The largest absolute Gasteiger partial charge is 0.478 e. The fraction of sp³-hybridized carbons (Fsp3) is 0.100. The van der Waals surface area contributed by atoms with Gasteiger partial charge in [-0.3, -0.25) is 0 Å². The summed E-state index contributed by atoms with van der Waals surface area (Å²) in [6.45, 7) is 0. The van der Waals surface area contributed by atoms with E-state index in [9.17, 15) is 18.0 Å². The van der Waals surface area contributed by atoms with E-state index in [1.54, 1.807) is 0 Å². The fourth-order valence-corrected chi connectivity index (χ4v) is 2.26. The van der Waals surface area contributed by atoms with Crippen LogP contribution in [-0.4, -0.2) is 21.0 Å². The lowest BCUT2D eigenvalue weighted by Gasteiger charge is -2.12. The molecule has 0 atom stereocenters. The molecule has 5 nitrogen and oxygen atoms in total. The lowest BCUT2D eigenvalue weighted by Crippen LogP contribution is -2.11. The molecule has 2 rings (SSSR count). The van der Waals surface area contributed by atoms with E-state index >= 15 is 0 Å². The first kappa shape index (κ1) is 14.5. The van der Waals surface area contributed by atoms with Gasteiger partial charge in [0.15, 0.2) is 0 Å². The Bertz CT molecular complexity index is 659. The maximum atomic E-state index is 12.8. The van der Waals surface area contributed by atoms with Crippen LogP contribution in [-0.2, 0) is 6.18 Å². The summed E-state index contributed by atoms with van der Waals surface area (Å²) in [5.41, 5.74) is -1.29. The van der Waals surface area contributed by atoms with Gasteiger partial charge in [0.2, 0.25) is 5.28 Å². The zero-order valence-corrected chi connectivity index (χ0v) is 11.0. The molecule has 106 valence electrons. The molecule has 2 N–H and O–H groups in total. The van der Waals surface area contributed by atoms with Gasteiger partial charge in [0.25, 0.3) is 0 Å². The number of carbonyl (C=O) groups is 1. The molecular formula is C10H5ClF3N3O2S. The van der Waals surface area contributed by atoms with Crippen LogP contribution in [0.4, 0.5) is 24.0 Å². The van der Waals surface area contributed by atoms with Gasteiger partial charge < -0.3 is 10.4 Å². The molecule has 0 aliphatic heterocycles. The van der Waals surface area contributed by atoms with Crippen LogP contribution in [0.5, 0.6) is 0 Å². The van der Waals surface area contributed by atoms with E-state index in [1.807, 2.05) is 0 Å². The monoisotopic (exact) mass is 323 g/mol. The summed E-state index contributed by atoms with van der Waals surface area (Å²) in [4.78, 5) is 17.6. The number of hydrogen-bond acceptors (Lipinski definition) is 5. The predicted octanol–water partition coefficient (Wildman–Crippen LogP) is 3.65. The van der Waals surface area contributed by atoms with Crippen molar-refractivity contribution in [3.63, 3.8) is 0 Å². The number of aromatic nitrogens is 2. The van der Waals surface area contributed by atoms with Gasteiger partial charge in [-0.05, 0) is 23.0 Å². The minimum absolute atomic E-state index is 0.0257. The maximum absolute atomic E-state index is 12.8. The summed E-state index contributed by atoms with van der Waals surface area (Å²) in [5.74, 6) is -1.86. The SMILES string of the molecule is O=C(O)c1ccsc1Nc1nc(Cl)ncc1C(F)(F)F. The van der Waals surface area contributed by atoms with Crippen molar-refractivity contribution in [1.82, 2.24) is 9.97 Å². The molecule has 0 spiro atoms. The standard InChI is InChI=1S/C10H5ClF3N3O2S/c11-9-15-3-5(10(12,13)14)6(17-9)16-7-4(8(18)19)1-2-20-7/h1-3H,(H,18,19)(H,15,16,17). The highest BCUT2D eigenvalue weighted by molar-refractivity contribution is 7.14. The van der Waals surface area contributed by atoms with Gasteiger partial charge in [-0.1, -0.05) is 0 Å². The smallest absolute Gasteiger partial charge is 0.421 e. The van der Waals surface area contributed by atoms with Crippen LogP contribution in [0.1, 0.15) is 15.9 Å². The predicted molar refractivity (Wildman–Crippen MR) is 66.6 cm³/mol. The molecule has 0 amide bonds. The zero-order valence-electron chi connectivity index (χ0n) is 9.40. The summed E-state index contributed by atoms with van der Waals surface area (Å²) in [5, 5.41) is 12.3. The first-order chi connectivity index (χ1) is 9.29. The Kier molecular flexibility index (Phi) is 3.82. The molecular weight excluding hydrogens is 319 g/mol. The molecule has 2 aromatic heterocycles. The highest BCUT2D eigenvalue weighted by atomic mass is 35.5. The Hall–Kier alpha value is -1.87. The first-order valence-electron chi connectivity index (χ1n) is 4.96. The molecule has 0 aliphatic carbocycles. The Morgan fingerprint density at radius 1 is 1.45 bits per heavy atom. The van der Waals surface area contributed by atoms with E-state index in [-0.39, 0.29) is 15.8 Å². The highest BCUT2D eigenvalue weighted by Crippen LogP contribution is 2.36. The molecule has 20 heavy (non-hydrogen) atoms. The molecule has 0 unspecified atom stereocenters. The molecule has 2 aromatic rings. The second kappa shape index (κ2) is 5.25. The topological polar surface area (TPSA) is 75.1 Å². The van der Waals surface area contributed by atoms with E-state index < -0.39 is 23.5 Å². The summed E-state index contributed by atoms with van der Waals surface area (Å²) >= 11 is 6.40. The minimum Gasteiger partial charge on any atom is -0.478 e. The third-order valence-corrected chi connectivity index (χ3v) is 3.20. The highest BCUT2D eigenvalue weighted by Gasteiger charge is 2.35. The van der Waals surface area contributed by atoms with Crippen molar-refractivity contribution in [1.29, 1.82) is 0 Å². The van der Waals surface area contributed by atoms with Crippen molar-refractivity contribution in [2.75, 3.05) is 5.32 Å². The van der Waals surface area contributed by atoms with Crippen LogP contribution in [0.3, 0.4) is 0 Å². The van der Waals surface area contributed by atoms with Gasteiger partial charge in [0, 0.05) is 6.20 Å². The molecule has 0 aliphatic rings. The van der Waals surface area contributed by atoms with Crippen molar-refractivity contribution in [3.8, 4) is 0 Å². The van der Waals surface area contributed by atoms with Crippen LogP contribution in [0.15, 0.2) is 17.6 Å². The number of aromatic carboxylic acids is 1. The number of alkyl halides is 3. The van der Waals surface area contributed by atoms with Crippen molar-refractivity contribution >= 4 is 39.7 Å². The van der Waals surface area contributed by atoms with E-state index in [1.165, 1.54) is 11.4 Å². The molecule has 0 aromatic carbocycles. The van der Waals surface area contributed by atoms with Crippen LogP contribution in [0.25, 0.3) is 0 Å². The average molecular weight is 324 g/mol. The molecule has 0 bridgehead atoms. The Labute approximate surface area is 119 Å². The quantitative estimate of drug-likeness (QED) is 0.843. The van der Waals surface area contributed by atoms with Gasteiger partial charge in [0.05, 0.1) is 5.56 Å². The van der Waals surface area contributed by atoms with Gasteiger partial charge in [-0.25, -0.2) is 9.78 Å². The van der Waals surface area contributed by atoms with Crippen LogP contribution in [0, 0.1) is 0 Å². The molecule has 0 saturated carbocycles. The van der Waals surface area contributed by atoms with Crippen molar-refractivity contribution in [2.45, 2.75) is 6.18 Å². The molecule has 0 fully saturated rings. The van der Waals surface area contributed by atoms with Crippen LogP contribution in [0.2, 0.25) is 5.28 Å². The van der Waals surface area contributed by atoms with Crippen LogP contribution < -0.4 is 5.32 Å². The summed E-state index contributed by atoms with van der Waals surface area (Å²) < 4.78 is 38.4. The average Bonchev–Trinajstić information content (AvgIpc) is 2.75. The van der Waals surface area contributed by atoms with E-state index in [0.717, 1.165) is 11.3 Å². The second-order valence-electron chi connectivity index (χ2n) is 3.49. The first-order valence-corrected chi connectivity index (χ1v) is 6.22.